The summed E-state index contributed by atoms with van der Waals surface area (Å²) in [6, 6.07) is 15.5. The van der Waals surface area contributed by atoms with Gasteiger partial charge in [-0.05, 0) is 77.4 Å². The number of unbranched alkanes of at least 4 members (excludes halogenated alkanes) is 1. The van der Waals surface area contributed by atoms with E-state index in [2.05, 4.69) is 88.2 Å². The minimum atomic E-state index is 0.796. The summed E-state index contributed by atoms with van der Waals surface area (Å²) in [6.07, 6.45) is 6.42. The van der Waals surface area contributed by atoms with Crippen LogP contribution in [0, 0.1) is 5.92 Å². The van der Waals surface area contributed by atoms with Crippen LogP contribution in [0.1, 0.15) is 45.1 Å². The molecule has 3 aromatic rings. The molecule has 24 heavy (non-hydrogen) atoms. The first kappa shape index (κ1) is 17.9. The van der Waals surface area contributed by atoms with Gasteiger partial charge in [-0.25, -0.2) is 0 Å². The van der Waals surface area contributed by atoms with Crippen LogP contribution in [0.2, 0.25) is 0 Å². The van der Waals surface area contributed by atoms with Gasteiger partial charge < -0.3 is 0 Å². The molecule has 0 radical (unpaired) electrons. The second kappa shape index (κ2) is 8.01. The molecule has 1 unspecified atom stereocenters. The third-order valence-electron chi connectivity index (χ3n) is 5.02. The lowest BCUT2D eigenvalue weighted by Gasteiger charge is -2.16. The average molecular weight is 448 g/mol. The molecule has 126 valence electrons. The van der Waals surface area contributed by atoms with E-state index in [1.807, 2.05) is 0 Å². The van der Waals surface area contributed by atoms with Crippen molar-refractivity contribution >= 4 is 53.4 Å². The Morgan fingerprint density at radius 2 is 1.46 bits per heavy atom. The zero-order valence-corrected chi connectivity index (χ0v) is 17.6. The van der Waals surface area contributed by atoms with E-state index in [-0.39, 0.29) is 0 Å². The summed E-state index contributed by atoms with van der Waals surface area (Å²) in [7, 11) is 0. The molecular weight excluding hydrogens is 424 g/mol. The number of fused-ring (bicyclic) bond motifs is 2. The maximum absolute atomic E-state index is 3.86. The van der Waals surface area contributed by atoms with E-state index < -0.39 is 0 Å². The molecular formula is C22H24Br2. The Hall–Kier alpha value is -0.860. The maximum atomic E-state index is 3.86. The van der Waals surface area contributed by atoms with Crippen molar-refractivity contribution in [1.82, 2.24) is 0 Å². The summed E-state index contributed by atoms with van der Waals surface area (Å²) < 4.78 is 2.40. The highest BCUT2D eigenvalue weighted by atomic mass is 79.9. The lowest BCUT2D eigenvalue weighted by atomic mass is 9.91. The molecule has 3 aromatic carbocycles. The van der Waals surface area contributed by atoms with Crippen LogP contribution in [-0.2, 0) is 6.42 Å². The van der Waals surface area contributed by atoms with Crippen molar-refractivity contribution in [2.45, 2.75) is 46.0 Å². The van der Waals surface area contributed by atoms with Gasteiger partial charge in [0, 0.05) is 8.95 Å². The summed E-state index contributed by atoms with van der Waals surface area (Å²) >= 11 is 7.67. The number of halogens is 2. The Labute approximate surface area is 161 Å². The number of rotatable bonds is 6. The van der Waals surface area contributed by atoms with Gasteiger partial charge in [-0.1, -0.05) is 75.9 Å². The Morgan fingerprint density at radius 3 is 2.08 bits per heavy atom. The van der Waals surface area contributed by atoms with Crippen molar-refractivity contribution in [2.75, 3.05) is 0 Å². The maximum Gasteiger partial charge on any atom is 0.0333 e. The summed E-state index contributed by atoms with van der Waals surface area (Å²) in [6.45, 7) is 4.60. The first-order chi connectivity index (χ1) is 11.7. The van der Waals surface area contributed by atoms with E-state index in [9.17, 15) is 0 Å². The Kier molecular flexibility index (Phi) is 5.99. The molecule has 0 nitrogen and oxygen atoms in total. The molecule has 1 atom stereocenters. The third kappa shape index (κ3) is 3.55. The smallest absolute Gasteiger partial charge is 0.0333 e. The van der Waals surface area contributed by atoms with Gasteiger partial charge in [0.05, 0.1) is 0 Å². The van der Waals surface area contributed by atoms with Gasteiger partial charge in [0.25, 0.3) is 0 Å². The second-order valence-electron chi connectivity index (χ2n) is 6.67. The fourth-order valence-corrected chi connectivity index (χ4v) is 4.89. The second-order valence-corrected chi connectivity index (χ2v) is 8.26. The summed E-state index contributed by atoms with van der Waals surface area (Å²) in [5, 5.41) is 5.13. The zero-order valence-electron chi connectivity index (χ0n) is 14.4. The minimum absolute atomic E-state index is 0.796. The molecule has 0 aromatic heterocycles. The molecule has 0 aliphatic heterocycles. The molecule has 3 rings (SSSR count). The van der Waals surface area contributed by atoms with E-state index in [1.54, 1.807) is 0 Å². The molecule has 0 saturated carbocycles. The lowest BCUT2D eigenvalue weighted by molar-refractivity contribution is 0.449. The van der Waals surface area contributed by atoms with Crippen LogP contribution in [0.25, 0.3) is 21.5 Å². The molecule has 0 saturated heterocycles. The van der Waals surface area contributed by atoms with Crippen molar-refractivity contribution < 1.29 is 0 Å². The van der Waals surface area contributed by atoms with E-state index in [4.69, 9.17) is 0 Å². The number of hydrogen-bond acceptors (Lipinski definition) is 0. The highest BCUT2D eigenvalue weighted by Gasteiger charge is 2.13. The molecule has 0 aliphatic carbocycles. The monoisotopic (exact) mass is 446 g/mol. The normalized spacial score (nSPS) is 12.8. The van der Waals surface area contributed by atoms with Crippen LogP contribution in [0.15, 0.2) is 51.4 Å². The largest absolute Gasteiger partial charge is 0.0654 e. The molecule has 0 fully saturated rings. The quantitative estimate of drug-likeness (QED) is 0.333. The van der Waals surface area contributed by atoms with Crippen molar-refractivity contribution in [3.63, 3.8) is 0 Å². The van der Waals surface area contributed by atoms with Gasteiger partial charge in [-0.2, -0.15) is 0 Å². The zero-order chi connectivity index (χ0) is 17.1. The Bertz CT molecular complexity index is 851. The van der Waals surface area contributed by atoms with Crippen LogP contribution in [-0.4, -0.2) is 0 Å². The average Bonchev–Trinajstić information content (AvgIpc) is 2.63. The van der Waals surface area contributed by atoms with Gasteiger partial charge in [-0.15, -0.1) is 0 Å². The van der Waals surface area contributed by atoms with Gasteiger partial charge in [0.1, 0.15) is 0 Å². The first-order valence-corrected chi connectivity index (χ1v) is 10.5. The van der Waals surface area contributed by atoms with E-state index in [1.165, 1.54) is 68.2 Å². The van der Waals surface area contributed by atoms with Crippen LogP contribution >= 0.6 is 31.9 Å². The van der Waals surface area contributed by atoms with Crippen molar-refractivity contribution in [3.8, 4) is 0 Å². The van der Waals surface area contributed by atoms with Crippen LogP contribution in [0.4, 0.5) is 0 Å². The number of hydrogen-bond donors (Lipinski definition) is 0. The van der Waals surface area contributed by atoms with E-state index in [0.29, 0.717) is 0 Å². The Balaban J connectivity index is 2.04. The summed E-state index contributed by atoms with van der Waals surface area (Å²) in [5.41, 5.74) is 1.45. The lowest BCUT2D eigenvalue weighted by Crippen LogP contribution is -2.03. The molecule has 2 heteroatoms. The van der Waals surface area contributed by atoms with Gasteiger partial charge in [-0.3, -0.25) is 0 Å². The summed E-state index contributed by atoms with van der Waals surface area (Å²) in [5.74, 6) is 0.796. The fraction of sp³-hybridized carbons (Fsp3) is 0.364. The summed E-state index contributed by atoms with van der Waals surface area (Å²) in [4.78, 5) is 0. The molecule has 0 aliphatic rings. The van der Waals surface area contributed by atoms with Crippen LogP contribution < -0.4 is 0 Å². The van der Waals surface area contributed by atoms with Crippen molar-refractivity contribution in [3.05, 3.63) is 57.0 Å². The third-order valence-corrected chi connectivity index (χ3v) is 6.73. The predicted octanol–water partition coefficient (Wildman–Crippen LogP) is 8.28. The number of benzene rings is 3. The van der Waals surface area contributed by atoms with E-state index in [0.717, 1.165) is 5.92 Å². The highest BCUT2D eigenvalue weighted by Crippen LogP contribution is 2.39. The standard InChI is InChI=1S/C22H24Br2/c1-3-5-8-15(4-2)13-16-11-12-19-20(14-16)22(24)18-10-7-6-9-17(18)21(19)23/h6-7,9-12,14-15H,3-5,8,13H2,1-2H3. The van der Waals surface area contributed by atoms with Gasteiger partial charge in [0.15, 0.2) is 0 Å². The van der Waals surface area contributed by atoms with Gasteiger partial charge in [0.2, 0.25) is 0 Å². The SMILES string of the molecule is CCCCC(CC)Cc1ccc2c(Br)c3ccccc3c(Br)c2c1. The molecule has 0 bridgehead atoms. The minimum Gasteiger partial charge on any atom is -0.0654 e. The van der Waals surface area contributed by atoms with Crippen molar-refractivity contribution in [2.24, 2.45) is 5.92 Å². The predicted molar refractivity (Wildman–Crippen MR) is 114 cm³/mol. The van der Waals surface area contributed by atoms with Crippen molar-refractivity contribution in [1.29, 1.82) is 0 Å². The first-order valence-electron chi connectivity index (χ1n) is 8.94. The van der Waals surface area contributed by atoms with Gasteiger partial charge >= 0.3 is 0 Å². The fourth-order valence-electron chi connectivity index (χ4n) is 3.52. The van der Waals surface area contributed by atoms with E-state index >= 15 is 0 Å². The molecule has 0 spiro atoms. The van der Waals surface area contributed by atoms with Crippen LogP contribution in [0.5, 0.6) is 0 Å². The molecule has 0 heterocycles. The highest BCUT2D eigenvalue weighted by molar-refractivity contribution is 9.11. The molecule has 0 amide bonds. The topological polar surface area (TPSA) is 0 Å². The Morgan fingerprint density at radius 1 is 0.833 bits per heavy atom. The van der Waals surface area contributed by atoms with Crippen LogP contribution in [0.3, 0.4) is 0 Å². The molecule has 0 N–H and O–H groups in total.